The molecular weight excluding hydrogens is 230 g/mol. The Morgan fingerprint density at radius 3 is 2.50 bits per heavy atom. The number of carbonyl (C=O) groups is 1. The Hall–Kier alpha value is -1.10. The molecule has 2 aliphatic rings. The van der Waals surface area contributed by atoms with Crippen LogP contribution in [0.2, 0.25) is 0 Å². The van der Waals surface area contributed by atoms with Gasteiger partial charge in [0.1, 0.15) is 5.54 Å². The summed E-state index contributed by atoms with van der Waals surface area (Å²) in [5, 5.41) is 6.10. The molecule has 1 fully saturated rings. The molecule has 0 aromatic rings. The predicted molar refractivity (Wildman–Crippen MR) is 70.5 cm³/mol. The Balaban J connectivity index is 2.07. The van der Waals surface area contributed by atoms with E-state index in [9.17, 15) is 4.79 Å². The van der Waals surface area contributed by atoms with Gasteiger partial charge in [-0.15, -0.1) is 0 Å². The second-order valence-electron chi connectivity index (χ2n) is 6.26. The molecule has 1 saturated carbocycles. The zero-order chi connectivity index (χ0) is 13.4. The molecule has 5 heteroatoms. The standard InChI is InChI=1S/C13H23N3O2/c1-12(2,3)15-11-14-10(17)13(16-11)7-5-9(18-4)6-8-13/h9H,5-8H2,1-4H3,(H2,14,15,16,17). The lowest BCUT2D eigenvalue weighted by molar-refractivity contribution is -0.125. The molecule has 18 heavy (non-hydrogen) atoms. The Kier molecular flexibility index (Phi) is 3.36. The van der Waals surface area contributed by atoms with E-state index in [-0.39, 0.29) is 17.6 Å². The maximum Gasteiger partial charge on any atom is 0.254 e. The first-order chi connectivity index (χ1) is 8.35. The Morgan fingerprint density at radius 1 is 1.39 bits per heavy atom. The largest absolute Gasteiger partial charge is 0.381 e. The summed E-state index contributed by atoms with van der Waals surface area (Å²) in [6.07, 6.45) is 3.62. The fourth-order valence-corrected chi connectivity index (χ4v) is 2.57. The second kappa shape index (κ2) is 4.53. The van der Waals surface area contributed by atoms with E-state index in [2.05, 4.69) is 36.4 Å². The number of rotatable bonds is 1. The Morgan fingerprint density at radius 2 is 2.00 bits per heavy atom. The van der Waals surface area contributed by atoms with Gasteiger partial charge in [0.15, 0.2) is 5.96 Å². The van der Waals surface area contributed by atoms with Gasteiger partial charge >= 0.3 is 0 Å². The summed E-state index contributed by atoms with van der Waals surface area (Å²) in [6, 6.07) is 0. The minimum absolute atomic E-state index is 0.0313. The molecule has 1 heterocycles. The molecule has 1 spiro atoms. The van der Waals surface area contributed by atoms with Gasteiger partial charge in [-0.05, 0) is 46.5 Å². The van der Waals surface area contributed by atoms with Gasteiger partial charge in [-0.3, -0.25) is 10.1 Å². The van der Waals surface area contributed by atoms with Gasteiger partial charge in [0.05, 0.1) is 6.10 Å². The normalized spacial score (nSPS) is 32.3. The van der Waals surface area contributed by atoms with Crippen molar-refractivity contribution in [3.8, 4) is 0 Å². The third kappa shape index (κ3) is 2.66. The van der Waals surface area contributed by atoms with Crippen molar-refractivity contribution in [3.05, 3.63) is 0 Å². The number of hydrogen-bond acceptors (Lipinski definition) is 4. The molecule has 0 aromatic heterocycles. The number of nitrogens with zero attached hydrogens (tertiary/aromatic N) is 1. The summed E-state index contributed by atoms with van der Waals surface area (Å²) >= 11 is 0. The van der Waals surface area contributed by atoms with Gasteiger partial charge in [-0.25, -0.2) is 4.99 Å². The lowest BCUT2D eigenvalue weighted by Gasteiger charge is -2.31. The van der Waals surface area contributed by atoms with Crippen molar-refractivity contribution in [1.29, 1.82) is 0 Å². The second-order valence-corrected chi connectivity index (χ2v) is 6.26. The number of methoxy groups -OCH3 is 1. The van der Waals surface area contributed by atoms with Gasteiger partial charge in [-0.1, -0.05) is 0 Å². The van der Waals surface area contributed by atoms with Crippen molar-refractivity contribution < 1.29 is 9.53 Å². The topological polar surface area (TPSA) is 62.7 Å². The van der Waals surface area contributed by atoms with Crippen LogP contribution in [-0.4, -0.2) is 36.2 Å². The van der Waals surface area contributed by atoms with Crippen LogP contribution >= 0.6 is 0 Å². The highest BCUT2D eigenvalue weighted by Crippen LogP contribution is 2.35. The highest BCUT2D eigenvalue weighted by molar-refractivity contribution is 6.07. The van der Waals surface area contributed by atoms with Crippen molar-refractivity contribution in [2.24, 2.45) is 4.99 Å². The van der Waals surface area contributed by atoms with E-state index < -0.39 is 5.54 Å². The number of carbonyl (C=O) groups excluding carboxylic acids is 1. The van der Waals surface area contributed by atoms with E-state index in [4.69, 9.17) is 4.74 Å². The molecule has 2 rings (SSSR count). The first-order valence-electron chi connectivity index (χ1n) is 6.57. The molecular formula is C13H23N3O2. The molecule has 1 aliphatic carbocycles. The van der Waals surface area contributed by atoms with Crippen LogP contribution < -0.4 is 10.6 Å². The van der Waals surface area contributed by atoms with Crippen LogP contribution in [0.1, 0.15) is 46.5 Å². The number of aliphatic imine (C=N–C) groups is 1. The van der Waals surface area contributed by atoms with E-state index >= 15 is 0 Å². The van der Waals surface area contributed by atoms with Gasteiger partial charge in [0.2, 0.25) is 0 Å². The van der Waals surface area contributed by atoms with E-state index in [1.165, 1.54) is 0 Å². The Bertz CT molecular complexity index is 363. The molecule has 0 saturated heterocycles. The molecule has 2 N–H and O–H groups in total. The minimum atomic E-state index is -0.553. The summed E-state index contributed by atoms with van der Waals surface area (Å²) < 4.78 is 5.34. The van der Waals surface area contributed by atoms with E-state index in [0.29, 0.717) is 5.96 Å². The quantitative estimate of drug-likeness (QED) is 0.738. The maximum absolute atomic E-state index is 12.1. The SMILES string of the molecule is COC1CCC2(CC1)N=C(NC(C)(C)C)NC2=O. The number of amides is 1. The smallest absolute Gasteiger partial charge is 0.254 e. The van der Waals surface area contributed by atoms with Crippen molar-refractivity contribution in [1.82, 2.24) is 10.6 Å². The zero-order valence-corrected chi connectivity index (χ0v) is 11.7. The number of hydrogen-bond donors (Lipinski definition) is 2. The molecule has 0 bridgehead atoms. The molecule has 1 amide bonds. The molecule has 0 atom stereocenters. The van der Waals surface area contributed by atoms with Crippen LogP contribution in [0.5, 0.6) is 0 Å². The van der Waals surface area contributed by atoms with Crippen molar-refractivity contribution in [2.75, 3.05) is 7.11 Å². The molecule has 1 aliphatic heterocycles. The molecule has 5 nitrogen and oxygen atoms in total. The van der Waals surface area contributed by atoms with Crippen molar-refractivity contribution in [2.45, 2.75) is 63.6 Å². The van der Waals surface area contributed by atoms with Gasteiger partial charge < -0.3 is 10.1 Å². The predicted octanol–water partition coefficient (Wildman–Crippen LogP) is 1.19. The summed E-state index contributed by atoms with van der Waals surface area (Å²) in [6.45, 7) is 6.15. The first-order valence-corrected chi connectivity index (χ1v) is 6.57. The maximum atomic E-state index is 12.1. The number of nitrogens with one attached hydrogen (secondary N) is 2. The summed E-state index contributed by atoms with van der Waals surface area (Å²) in [5.74, 6) is 0.646. The van der Waals surface area contributed by atoms with Gasteiger partial charge in [0.25, 0.3) is 5.91 Å². The minimum Gasteiger partial charge on any atom is -0.381 e. The van der Waals surface area contributed by atoms with Gasteiger partial charge in [-0.2, -0.15) is 0 Å². The van der Waals surface area contributed by atoms with Crippen molar-refractivity contribution >= 4 is 11.9 Å². The van der Waals surface area contributed by atoms with E-state index in [1.807, 2.05) is 0 Å². The Labute approximate surface area is 108 Å². The highest BCUT2D eigenvalue weighted by Gasteiger charge is 2.46. The van der Waals surface area contributed by atoms with Crippen molar-refractivity contribution in [3.63, 3.8) is 0 Å². The zero-order valence-electron chi connectivity index (χ0n) is 11.7. The van der Waals surface area contributed by atoms with Crippen LogP contribution in [0.3, 0.4) is 0 Å². The van der Waals surface area contributed by atoms with Gasteiger partial charge in [0, 0.05) is 12.6 Å². The lowest BCUT2D eigenvalue weighted by Crippen LogP contribution is -2.48. The van der Waals surface area contributed by atoms with Crippen LogP contribution in [0, 0.1) is 0 Å². The summed E-state index contributed by atoms with van der Waals surface area (Å²) in [4.78, 5) is 16.7. The monoisotopic (exact) mass is 253 g/mol. The fraction of sp³-hybridized carbons (Fsp3) is 0.846. The average molecular weight is 253 g/mol. The molecule has 102 valence electrons. The van der Waals surface area contributed by atoms with Crippen LogP contribution in [-0.2, 0) is 9.53 Å². The van der Waals surface area contributed by atoms with Crippen LogP contribution in [0.15, 0.2) is 4.99 Å². The summed E-state index contributed by atoms with van der Waals surface area (Å²) in [5.41, 5.74) is -0.649. The summed E-state index contributed by atoms with van der Waals surface area (Å²) in [7, 11) is 1.73. The molecule has 0 unspecified atom stereocenters. The van der Waals surface area contributed by atoms with Crippen LogP contribution in [0.4, 0.5) is 0 Å². The van der Waals surface area contributed by atoms with E-state index in [0.717, 1.165) is 25.7 Å². The number of guanidine groups is 1. The fourth-order valence-electron chi connectivity index (χ4n) is 2.57. The lowest BCUT2D eigenvalue weighted by atomic mass is 9.80. The van der Waals surface area contributed by atoms with E-state index in [1.54, 1.807) is 7.11 Å². The molecule has 0 radical (unpaired) electrons. The number of ether oxygens (including phenoxy) is 1. The molecule has 0 aromatic carbocycles. The average Bonchev–Trinajstić information content (AvgIpc) is 2.54. The highest BCUT2D eigenvalue weighted by atomic mass is 16.5. The third-order valence-electron chi connectivity index (χ3n) is 3.57. The van der Waals surface area contributed by atoms with Crippen LogP contribution in [0.25, 0.3) is 0 Å². The third-order valence-corrected chi connectivity index (χ3v) is 3.57. The first kappa shape index (κ1) is 13.3.